The average molecular weight is 292 g/mol. The summed E-state index contributed by atoms with van der Waals surface area (Å²) in [5.74, 6) is 1.95. The zero-order chi connectivity index (χ0) is 15.2. The van der Waals surface area contributed by atoms with Crippen molar-refractivity contribution in [2.45, 2.75) is 32.2 Å². The molecule has 3 N–H and O–H groups in total. The molecule has 1 aromatic rings. The van der Waals surface area contributed by atoms with Gasteiger partial charge in [0, 0.05) is 18.7 Å². The SMILES string of the molecule is COc1ccc(CC(C)N)c(OCC(=O)NCC2CC2)c1. The van der Waals surface area contributed by atoms with E-state index in [2.05, 4.69) is 5.32 Å². The van der Waals surface area contributed by atoms with Crippen molar-refractivity contribution >= 4 is 5.91 Å². The van der Waals surface area contributed by atoms with Crippen LogP contribution in [0.4, 0.5) is 0 Å². The largest absolute Gasteiger partial charge is 0.497 e. The Morgan fingerprint density at radius 3 is 2.86 bits per heavy atom. The van der Waals surface area contributed by atoms with Gasteiger partial charge in [0.05, 0.1) is 7.11 Å². The van der Waals surface area contributed by atoms with Gasteiger partial charge in [-0.2, -0.15) is 0 Å². The lowest BCUT2D eigenvalue weighted by molar-refractivity contribution is -0.123. The third kappa shape index (κ3) is 5.27. The number of amides is 1. The van der Waals surface area contributed by atoms with E-state index >= 15 is 0 Å². The van der Waals surface area contributed by atoms with Crippen LogP contribution >= 0.6 is 0 Å². The van der Waals surface area contributed by atoms with Gasteiger partial charge in [-0.05, 0) is 43.7 Å². The summed E-state index contributed by atoms with van der Waals surface area (Å²) in [5.41, 5.74) is 6.83. The Morgan fingerprint density at radius 1 is 1.48 bits per heavy atom. The molecule has 0 radical (unpaired) electrons. The predicted molar refractivity (Wildman–Crippen MR) is 81.6 cm³/mol. The highest BCUT2D eigenvalue weighted by molar-refractivity contribution is 5.77. The third-order valence-corrected chi connectivity index (χ3v) is 3.46. The Hall–Kier alpha value is -1.75. The fraction of sp³-hybridized carbons (Fsp3) is 0.562. The molecule has 1 fully saturated rings. The molecule has 0 bridgehead atoms. The summed E-state index contributed by atoms with van der Waals surface area (Å²) in [7, 11) is 1.60. The van der Waals surface area contributed by atoms with Gasteiger partial charge in [0.2, 0.25) is 0 Å². The zero-order valence-corrected chi connectivity index (χ0v) is 12.7. The third-order valence-electron chi connectivity index (χ3n) is 3.46. The molecule has 0 aromatic heterocycles. The highest BCUT2D eigenvalue weighted by Crippen LogP contribution is 2.28. The first kappa shape index (κ1) is 15.6. The molecule has 116 valence electrons. The van der Waals surface area contributed by atoms with Crippen LogP contribution in [0, 0.1) is 5.92 Å². The van der Waals surface area contributed by atoms with Crippen LogP contribution in [-0.2, 0) is 11.2 Å². The smallest absolute Gasteiger partial charge is 0.257 e. The van der Waals surface area contributed by atoms with Gasteiger partial charge in [-0.3, -0.25) is 4.79 Å². The van der Waals surface area contributed by atoms with Crippen LogP contribution in [-0.4, -0.2) is 32.2 Å². The van der Waals surface area contributed by atoms with E-state index in [1.54, 1.807) is 13.2 Å². The lowest BCUT2D eigenvalue weighted by Crippen LogP contribution is -2.30. The van der Waals surface area contributed by atoms with E-state index in [1.165, 1.54) is 12.8 Å². The molecular formula is C16H24N2O3. The summed E-state index contributed by atoms with van der Waals surface area (Å²) in [5, 5.41) is 2.88. The van der Waals surface area contributed by atoms with E-state index in [1.807, 2.05) is 19.1 Å². The number of hydrogen-bond donors (Lipinski definition) is 2. The molecule has 1 atom stereocenters. The van der Waals surface area contributed by atoms with Gasteiger partial charge in [-0.25, -0.2) is 0 Å². The Morgan fingerprint density at radius 2 is 2.24 bits per heavy atom. The number of hydrogen-bond acceptors (Lipinski definition) is 4. The fourth-order valence-corrected chi connectivity index (χ4v) is 2.09. The van der Waals surface area contributed by atoms with Crippen LogP contribution in [0.1, 0.15) is 25.3 Å². The van der Waals surface area contributed by atoms with Crippen LogP contribution in [0.15, 0.2) is 18.2 Å². The second kappa shape index (κ2) is 7.31. The molecule has 0 heterocycles. The molecule has 5 heteroatoms. The topological polar surface area (TPSA) is 73.6 Å². The molecule has 0 spiro atoms. The second-order valence-electron chi connectivity index (χ2n) is 5.69. The van der Waals surface area contributed by atoms with E-state index in [0.29, 0.717) is 23.8 Å². The van der Waals surface area contributed by atoms with Crippen molar-refractivity contribution in [3.63, 3.8) is 0 Å². The average Bonchev–Trinajstić information content (AvgIpc) is 3.27. The zero-order valence-electron chi connectivity index (χ0n) is 12.7. The van der Waals surface area contributed by atoms with Crippen LogP contribution < -0.4 is 20.5 Å². The Bertz CT molecular complexity index is 484. The maximum absolute atomic E-state index is 11.7. The van der Waals surface area contributed by atoms with Crippen LogP contribution in [0.3, 0.4) is 0 Å². The van der Waals surface area contributed by atoms with Crippen LogP contribution in [0.2, 0.25) is 0 Å². The van der Waals surface area contributed by atoms with Gasteiger partial charge in [0.25, 0.3) is 5.91 Å². The van der Waals surface area contributed by atoms with Crippen LogP contribution in [0.25, 0.3) is 0 Å². The van der Waals surface area contributed by atoms with Gasteiger partial charge >= 0.3 is 0 Å². The molecular weight excluding hydrogens is 268 g/mol. The lowest BCUT2D eigenvalue weighted by atomic mass is 10.1. The fourth-order valence-electron chi connectivity index (χ4n) is 2.09. The van der Waals surface area contributed by atoms with Crippen molar-refractivity contribution in [3.05, 3.63) is 23.8 Å². The Labute approximate surface area is 125 Å². The Kier molecular flexibility index (Phi) is 5.44. The standard InChI is InChI=1S/C16H24N2O3/c1-11(17)7-13-5-6-14(20-2)8-15(13)21-10-16(19)18-9-12-3-4-12/h5-6,8,11-12H,3-4,7,9-10,17H2,1-2H3,(H,18,19). The van der Waals surface area contributed by atoms with Crippen molar-refractivity contribution in [3.8, 4) is 11.5 Å². The van der Waals surface area contributed by atoms with E-state index < -0.39 is 0 Å². The molecule has 1 aliphatic carbocycles. The first-order valence-electron chi connectivity index (χ1n) is 7.40. The van der Waals surface area contributed by atoms with E-state index in [-0.39, 0.29) is 18.6 Å². The van der Waals surface area contributed by atoms with Gasteiger partial charge in [-0.15, -0.1) is 0 Å². The van der Waals surface area contributed by atoms with E-state index in [4.69, 9.17) is 15.2 Å². The molecule has 0 aliphatic heterocycles. The number of methoxy groups -OCH3 is 1. The van der Waals surface area contributed by atoms with Crippen molar-refractivity contribution in [1.82, 2.24) is 5.32 Å². The van der Waals surface area contributed by atoms with Gasteiger partial charge < -0.3 is 20.5 Å². The summed E-state index contributed by atoms with van der Waals surface area (Å²) in [6.45, 7) is 2.72. The number of carbonyl (C=O) groups excluding carboxylic acids is 1. The molecule has 1 amide bonds. The van der Waals surface area contributed by atoms with Crippen molar-refractivity contribution < 1.29 is 14.3 Å². The lowest BCUT2D eigenvalue weighted by Gasteiger charge is -2.14. The molecule has 1 unspecified atom stereocenters. The molecule has 2 rings (SSSR count). The quantitative estimate of drug-likeness (QED) is 0.761. The summed E-state index contributed by atoms with van der Waals surface area (Å²) >= 11 is 0. The van der Waals surface area contributed by atoms with Gasteiger partial charge in [0.15, 0.2) is 6.61 Å². The second-order valence-corrected chi connectivity index (χ2v) is 5.69. The molecule has 5 nitrogen and oxygen atoms in total. The summed E-state index contributed by atoms with van der Waals surface area (Å²) in [4.78, 5) is 11.7. The normalized spacial score (nSPS) is 15.4. The monoisotopic (exact) mass is 292 g/mol. The molecule has 1 aliphatic rings. The number of carbonyl (C=O) groups is 1. The number of ether oxygens (including phenoxy) is 2. The minimum absolute atomic E-state index is 0.0197. The summed E-state index contributed by atoms with van der Waals surface area (Å²) in [6, 6.07) is 5.63. The highest BCUT2D eigenvalue weighted by Gasteiger charge is 2.21. The number of nitrogens with one attached hydrogen (secondary N) is 1. The van der Waals surface area contributed by atoms with Gasteiger partial charge in [0.1, 0.15) is 11.5 Å². The Balaban J connectivity index is 1.93. The van der Waals surface area contributed by atoms with Crippen LogP contribution in [0.5, 0.6) is 11.5 Å². The number of rotatable bonds is 8. The van der Waals surface area contributed by atoms with Crippen molar-refractivity contribution in [2.24, 2.45) is 11.7 Å². The molecule has 21 heavy (non-hydrogen) atoms. The highest BCUT2D eigenvalue weighted by atomic mass is 16.5. The predicted octanol–water partition coefficient (Wildman–Crippen LogP) is 1.49. The number of nitrogens with two attached hydrogens (primary N) is 1. The summed E-state index contributed by atoms with van der Waals surface area (Å²) < 4.78 is 10.8. The maximum Gasteiger partial charge on any atom is 0.257 e. The first-order valence-corrected chi connectivity index (χ1v) is 7.40. The minimum atomic E-state index is -0.0866. The molecule has 0 saturated heterocycles. The maximum atomic E-state index is 11.7. The minimum Gasteiger partial charge on any atom is -0.497 e. The van der Waals surface area contributed by atoms with Crippen molar-refractivity contribution in [2.75, 3.05) is 20.3 Å². The van der Waals surface area contributed by atoms with Crippen molar-refractivity contribution in [1.29, 1.82) is 0 Å². The number of benzene rings is 1. The van der Waals surface area contributed by atoms with E-state index in [9.17, 15) is 4.79 Å². The molecule has 1 saturated carbocycles. The first-order chi connectivity index (χ1) is 10.1. The summed E-state index contributed by atoms with van der Waals surface area (Å²) in [6.07, 6.45) is 3.13. The molecule has 1 aromatic carbocycles. The van der Waals surface area contributed by atoms with E-state index in [0.717, 1.165) is 12.1 Å². The van der Waals surface area contributed by atoms with Gasteiger partial charge in [-0.1, -0.05) is 6.07 Å².